The van der Waals surface area contributed by atoms with E-state index in [1.165, 1.54) is 6.07 Å². The molecule has 0 radical (unpaired) electrons. The van der Waals surface area contributed by atoms with Gasteiger partial charge >= 0.3 is 0 Å². The highest BCUT2D eigenvalue weighted by molar-refractivity contribution is 5.32. The van der Waals surface area contributed by atoms with Crippen LogP contribution in [-0.2, 0) is 5.54 Å². The van der Waals surface area contributed by atoms with Gasteiger partial charge in [0.1, 0.15) is 0 Å². The predicted octanol–water partition coefficient (Wildman–Crippen LogP) is 3.07. The summed E-state index contributed by atoms with van der Waals surface area (Å²) in [6.45, 7) is 7.77. The average molecular weight is 225 g/mol. The summed E-state index contributed by atoms with van der Waals surface area (Å²) in [5.41, 5.74) is 0.667. The zero-order chi connectivity index (χ0) is 12.3. The number of rotatable bonds is 4. The lowest BCUT2D eigenvalue weighted by Crippen LogP contribution is -2.33. The van der Waals surface area contributed by atoms with Crippen LogP contribution in [0.3, 0.4) is 0 Å². The van der Waals surface area contributed by atoms with Crippen molar-refractivity contribution in [3.05, 3.63) is 29.6 Å². The van der Waals surface area contributed by atoms with Gasteiger partial charge in [0.2, 0.25) is 0 Å². The van der Waals surface area contributed by atoms with Crippen LogP contribution in [-0.4, -0.2) is 13.2 Å². The maximum absolute atomic E-state index is 13.7. The van der Waals surface area contributed by atoms with Crippen LogP contribution in [0.1, 0.15) is 33.3 Å². The van der Waals surface area contributed by atoms with Crippen LogP contribution in [0, 0.1) is 5.82 Å². The zero-order valence-electron chi connectivity index (χ0n) is 10.6. The summed E-state index contributed by atoms with van der Waals surface area (Å²) in [5.74, 6) is 0.000165. The van der Waals surface area contributed by atoms with E-state index in [1.54, 1.807) is 6.07 Å². The molecule has 0 aliphatic rings. The van der Waals surface area contributed by atoms with Crippen LogP contribution in [0.5, 0.6) is 5.75 Å². The second kappa shape index (κ2) is 4.83. The Balaban J connectivity index is 2.99. The van der Waals surface area contributed by atoms with Crippen molar-refractivity contribution < 1.29 is 9.13 Å². The molecule has 0 unspecified atom stereocenters. The minimum absolute atomic E-state index is 0.0161. The Labute approximate surface area is 96.8 Å². The summed E-state index contributed by atoms with van der Waals surface area (Å²) in [6, 6.07) is 5.09. The van der Waals surface area contributed by atoms with E-state index >= 15 is 0 Å². The van der Waals surface area contributed by atoms with E-state index in [4.69, 9.17) is 4.74 Å². The van der Waals surface area contributed by atoms with Crippen LogP contribution < -0.4 is 10.1 Å². The monoisotopic (exact) mass is 225 g/mol. The van der Waals surface area contributed by atoms with Gasteiger partial charge in [0.25, 0.3) is 0 Å². The third-order valence-electron chi connectivity index (χ3n) is 2.64. The molecule has 0 saturated heterocycles. The number of hydrogen-bond donors (Lipinski definition) is 1. The second-order valence-electron chi connectivity index (χ2n) is 4.69. The van der Waals surface area contributed by atoms with Crippen molar-refractivity contribution in [1.29, 1.82) is 0 Å². The van der Waals surface area contributed by atoms with Gasteiger partial charge in [-0.15, -0.1) is 0 Å². The van der Waals surface area contributed by atoms with Gasteiger partial charge in [0, 0.05) is 5.54 Å². The van der Waals surface area contributed by atoms with E-state index in [0.717, 1.165) is 5.56 Å². The fourth-order valence-electron chi connectivity index (χ4n) is 1.38. The number of hydrogen-bond acceptors (Lipinski definition) is 2. The number of nitrogens with one attached hydrogen (secondary N) is 1. The van der Waals surface area contributed by atoms with E-state index < -0.39 is 0 Å². The Morgan fingerprint density at radius 2 is 1.94 bits per heavy atom. The SMILES string of the molecule is CNC(C)(C)c1ccc(OC(C)C)c(F)c1. The van der Waals surface area contributed by atoms with Crippen molar-refractivity contribution in [3.8, 4) is 5.75 Å². The molecule has 0 bridgehead atoms. The third kappa shape index (κ3) is 2.95. The minimum atomic E-state index is -0.311. The first kappa shape index (κ1) is 13.0. The van der Waals surface area contributed by atoms with Gasteiger partial charge in [0.05, 0.1) is 6.10 Å². The Bertz CT molecular complexity index is 361. The van der Waals surface area contributed by atoms with Crippen molar-refractivity contribution in [3.63, 3.8) is 0 Å². The maximum Gasteiger partial charge on any atom is 0.165 e. The lowest BCUT2D eigenvalue weighted by molar-refractivity contribution is 0.231. The zero-order valence-corrected chi connectivity index (χ0v) is 10.6. The first-order valence-corrected chi connectivity index (χ1v) is 5.52. The summed E-state index contributed by atoms with van der Waals surface area (Å²) in [7, 11) is 1.86. The van der Waals surface area contributed by atoms with Crippen molar-refractivity contribution in [2.24, 2.45) is 0 Å². The normalized spacial score (nSPS) is 11.9. The Morgan fingerprint density at radius 1 is 1.31 bits per heavy atom. The first-order chi connectivity index (χ1) is 7.36. The summed E-state index contributed by atoms with van der Waals surface area (Å²) in [6.07, 6.45) is -0.0161. The van der Waals surface area contributed by atoms with Gasteiger partial charge in [-0.3, -0.25) is 0 Å². The van der Waals surface area contributed by atoms with Crippen LogP contribution >= 0.6 is 0 Å². The molecule has 2 nitrogen and oxygen atoms in total. The molecule has 1 aromatic carbocycles. The average Bonchev–Trinajstić information content (AvgIpc) is 2.20. The molecule has 0 aliphatic heterocycles. The van der Waals surface area contributed by atoms with Crippen LogP contribution in [0.15, 0.2) is 18.2 Å². The lowest BCUT2D eigenvalue weighted by atomic mass is 9.94. The van der Waals surface area contributed by atoms with Crippen molar-refractivity contribution in [2.75, 3.05) is 7.05 Å². The molecule has 0 spiro atoms. The van der Waals surface area contributed by atoms with Gasteiger partial charge in [0.15, 0.2) is 11.6 Å². The quantitative estimate of drug-likeness (QED) is 0.850. The van der Waals surface area contributed by atoms with E-state index in [-0.39, 0.29) is 17.5 Å². The summed E-state index contributed by atoms with van der Waals surface area (Å²) >= 11 is 0. The molecule has 0 saturated carbocycles. The molecular formula is C13H20FNO. The Kier molecular flexibility index (Phi) is 3.92. The molecular weight excluding hydrogens is 205 g/mol. The molecule has 1 N–H and O–H groups in total. The summed E-state index contributed by atoms with van der Waals surface area (Å²) in [5, 5.41) is 3.14. The number of halogens is 1. The fourth-order valence-corrected chi connectivity index (χ4v) is 1.38. The molecule has 0 atom stereocenters. The molecule has 16 heavy (non-hydrogen) atoms. The summed E-state index contributed by atoms with van der Waals surface area (Å²) in [4.78, 5) is 0. The smallest absolute Gasteiger partial charge is 0.165 e. The number of benzene rings is 1. The molecule has 1 rings (SSSR count). The van der Waals surface area contributed by atoms with Crippen molar-refractivity contribution >= 4 is 0 Å². The number of ether oxygens (including phenoxy) is 1. The predicted molar refractivity (Wildman–Crippen MR) is 64.2 cm³/mol. The van der Waals surface area contributed by atoms with Gasteiger partial charge in [-0.2, -0.15) is 0 Å². The Hall–Kier alpha value is -1.09. The van der Waals surface area contributed by atoms with Crippen LogP contribution in [0.4, 0.5) is 4.39 Å². The minimum Gasteiger partial charge on any atom is -0.488 e. The highest BCUT2D eigenvalue weighted by Gasteiger charge is 2.19. The highest BCUT2D eigenvalue weighted by Crippen LogP contribution is 2.25. The molecule has 90 valence electrons. The molecule has 3 heteroatoms. The summed E-state index contributed by atoms with van der Waals surface area (Å²) < 4.78 is 19.1. The highest BCUT2D eigenvalue weighted by atomic mass is 19.1. The van der Waals surface area contributed by atoms with Crippen LogP contribution in [0.2, 0.25) is 0 Å². The van der Waals surface area contributed by atoms with E-state index in [0.29, 0.717) is 5.75 Å². The molecule has 0 fully saturated rings. The largest absolute Gasteiger partial charge is 0.488 e. The van der Waals surface area contributed by atoms with E-state index in [9.17, 15) is 4.39 Å². The first-order valence-electron chi connectivity index (χ1n) is 5.52. The van der Waals surface area contributed by atoms with Crippen LogP contribution in [0.25, 0.3) is 0 Å². The van der Waals surface area contributed by atoms with Gasteiger partial charge in [-0.1, -0.05) is 6.07 Å². The van der Waals surface area contributed by atoms with E-state index in [1.807, 2.05) is 40.8 Å². The van der Waals surface area contributed by atoms with Crippen molar-refractivity contribution in [2.45, 2.75) is 39.3 Å². The molecule has 0 aromatic heterocycles. The topological polar surface area (TPSA) is 21.3 Å². The Morgan fingerprint density at radius 3 is 2.38 bits per heavy atom. The second-order valence-corrected chi connectivity index (χ2v) is 4.69. The fraction of sp³-hybridized carbons (Fsp3) is 0.538. The maximum atomic E-state index is 13.7. The molecule has 0 aliphatic carbocycles. The third-order valence-corrected chi connectivity index (χ3v) is 2.64. The lowest BCUT2D eigenvalue weighted by Gasteiger charge is -2.25. The van der Waals surface area contributed by atoms with Gasteiger partial charge < -0.3 is 10.1 Å². The van der Waals surface area contributed by atoms with Gasteiger partial charge in [-0.25, -0.2) is 4.39 Å². The van der Waals surface area contributed by atoms with E-state index in [2.05, 4.69) is 5.32 Å². The molecule has 1 aromatic rings. The molecule has 0 amide bonds. The molecule has 0 heterocycles. The van der Waals surface area contributed by atoms with Crippen molar-refractivity contribution in [1.82, 2.24) is 5.32 Å². The van der Waals surface area contributed by atoms with Gasteiger partial charge in [-0.05, 0) is 52.4 Å². The standard InChI is InChI=1S/C13H20FNO/c1-9(2)16-12-7-6-10(8-11(12)14)13(3,4)15-5/h6-9,15H,1-5H3.